The largest absolute Gasteiger partial charge is 0.394 e. The fourth-order valence-corrected chi connectivity index (χ4v) is 2.91. The molecule has 5 heteroatoms. The average Bonchev–Trinajstić information content (AvgIpc) is 2.45. The van der Waals surface area contributed by atoms with E-state index in [4.69, 9.17) is 11.5 Å². The standard InChI is InChI=1S/C14H17N3OS/c15-13(14(16)18)11-9-19-7-6-12(11)17-8-10-4-2-1-3-5-10/h1-5H,6-9,15H2,(H2,16,18). The highest BCUT2D eigenvalue weighted by atomic mass is 32.2. The van der Waals surface area contributed by atoms with Gasteiger partial charge in [-0.2, -0.15) is 11.8 Å². The zero-order chi connectivity index (χ0) is 13.7. The second-order valence-electron chi connectivity index (χ2n) is 4.31. The van der Waals surface area contributed by atoms with Crippen molar-refractivity contribution in [1.82, 2.24) is 0 Å². The molecule has 0 unspecified atom stereocenters. The highest BCUT2D eigenvalue weighted by Crippen LogP contribution is 2.22. The SMILES string of the molecule is NC(=O)C(N)=C1CSCCC1=NCc1ccccc1. The maximum Gasteiger partial charge on any atom is 0.264 e. The molecule has 0 aliphatic carbocycles. The minimum absolute atomic E-state index is 0.152. The number of aliphatic imine (C=N–C) groups is 1. The number of primary amides is 1. The molecular formula is C14H17N3OS. The monoisotopic (exact) mass is 275 g/mol. The minimum atomic E-state index is -0.565. The van der Waals surface area contributed by atoms with Gasteiger partial charge in [-0.15, -0.1) is 0 Å². The summed E-state index contributed by atoms with van der Waals surface area (Å²) in [5.74, 6) is 1.15. The van der Waals surface area contributed by atoms with Crippen LogP contribution in [0.1, 0.15) is 12.0 Å². The Bertz CT molecular complexity index is 523. The first-order valence-electron chi connectivity index (χ1n) is 6.12. The summed E-state index contributed by atoms with van der Waals surface area (Å²) in [6, 6.07) is 10.0. The van der Waals surface area contributed by atoms with E-state index in [1.54, 1.807) is 11.8 Å². The van der Waals surface area contributed by atoms with Crippen LogP contribution >= 0.6 is 11.8 Å². The molecule has 100 valence electrons. The molecule has 1 amide bonds. The molecule has 4 N–H and O–H groups in total. The summed E-state index contributed by atoms with van der Waals surface area (Å²) in [7, 11) is 0. The van der Waals surface area contributed by atoms with Crippen LogP contribution in [0.2, 0.25) is 0 Å². The number of thioether (sulfide) groups is 1. The summed E-state index contributed by atoms with van der Waals surface area (Å²) in [5.41, 5.74) is 14.0. The van der Waals surface area contributed by atoms with E-state index in [1.807, 2.05) is 30.3 Å². The van der Waals surface area contributed by atoms with Crippen molar-refractivity contribution < 1.29 is 4.79 Å². The lowest BCUT2D eigenvalue weighted by molar-refractivity contribution is -0.114. The molecule has 1 fully saturated rings. The van der Waals surface area contributed by atoms with Crippen LogP contribution in [0, 0.1) is 0 Å². The fraction of sp³-hybridized carbons (Fsp3) is 0.286. The zero-order valence-corrected chi connectivity index (χ0v) is 11.5. The highest BCUT2D eigenvalue weighted by molar-refractivity contribution is 7.99. The van der Waals surface area contributed by atoms with E-state index >= 15 is 0 Å². The van der Waals surface area contributed by atoms with Gasteiger partial charge < -0.3 is 11.5 Å². The molecule has 19 heavy (non-hydrogen) atoms. The number of amides is 1. The summed E-state index contributed by atoms with van der Waals surface area (Å²) >= 11 is 1.75. The van der Waals surface area contributed by atoms with Gasteiger partial charge in [0.1, 0.15) is 5.70 Å². The van der Waals surface area contributed by atoms with Gasteiger partial charge in [0.05, 0.1) is 6.54 Å². The van der Waals surface area contributed by atoms with Crippen LogP contribution in [0.4, 0.5) is 0 Å². The number of benzene rings is 1. The van der Waals surface area contributed by atoms with Crippen LogP contribution in [-0.2, 0) is 11.3 Å². The summed E-state index contributed by atoms with van der Waals surface area (Å²) in [6.07, 6.45) is 0.834. The number of nitrogens with two attached hydrogens (primary N) is 2. The maximum absolute atomic E-state index is 11.2. The highest BCUT2D eigenvalue weighted by Gasteiger charge is 2.19. The molecule has 0 saturated carbocycles. The van der Waals surface area contributed by atoms with Gasteiger partial charge >= 0.3 is 0 Å². The van der Waals surface area contributed by atoms with Crippen LogP contribution in [0.3, 0.4) is 0 Å². The fourth-order valence-electron chi connectivity index (χ4n) is 1.90. The molecule has 0 atom stereocenters. The van der Waals surface area contributed by atoms with E-state index in [1.165, 1.54) is 0 Å². The molecule has 1 heterocycles. The van der Waals surface area contributed by atoms with Crippen LogP contribution in [-0.4, -0.2) is 23.1 Å². The number of rotatable bonds is 3. The Labute approximate surface area is 117 Å². The molecule has 1 aliphatic heterocycles. The summed E-state index contributed by atoms with van der Waals surface area (Å²) in [6.45, 7) is 0.608. The van der Waals surface area contributed by atoms with Crippen molar-refractivity contribution in [2.45, 2.75) is 13.0 Å². The average molecular weight is 275 g/mol. The number of hydrogen-bond donors (Lipinski definition) is 2. The van der Waals surface area contributed by atoms with E-state index in [0.717, 1.165) is 29.0 Å². The molecule has 0 radical (unpaired) electrons. The van der Waals surface area contributed by atoms with Crippen molar-refractivity contribution in [3.8, 4) is 0 Å². The van der Waals surface area contributed by atoms with Crippen LogP contribution in [0.15, 0.2) is 46.6 Å². The first-order valence-corrected chi connectivity index (χ1v) is 7.27. The third-order valence-electron chi connectivity index (χ3n) is 2.96. The molecule has 2 rings (SSSR count). The van der Waals surface area contributed by atoms with Gasteiger partial charge in [-0.1, -0.05) is 30.3 Å². The van der Waals surface area contributed by atoms with Crippen molar-refractivity contribution in [2.24, 2.45) is 16.5 Å². The van der Waals surface area contributed by atoms with Gasteiger partial charge in [-0.05, 0) is 17.7 Å². The van der Waals surface area contributed by atoms with Crippen LogP contribution < -0.4 is 11.5 Å². The molecule has 0 aromatic heterocycles. The number of carbonyl (C=O) groups excluding carboxylic acids is 1. The van der Waals surface area contributed by atoms with Crippen LogP contribution in [0.25, 0.3) is 0 Å². The Morgan fingerprint density at radius 2 is 2.00 bits per heavy atom. The van der Waals surface area contributed by atoms with E-state index in [-0.39, 0.29) is 5.70 Å². The van der Waals surface area contributed by atoms with Crippen molar-refractivity contribution in [2.75, 3.05) is 11.5 Å². The lowest BCUT2D eigenvalue weighted by atomic mass is 10.1. The van der Waals surface area contributed by atoms with Crippen molar-refractivity contribution in [3.63, 3.8) is 0 Å². The molecule has 1 saturated heterocycles. The molecule has 1 aromatic rings. The van der Waals surface area contributed by atoms with Crippen molar-refractivity contribution in [3.05, 3.63) is 47.2 Å². The van der Waals surface area contributed by atoms with E-state index in [2.05, 4.69) is 4.99 Å². The molecule has 1 aliphatic rings. The second kappa shape index (κ2) is 6.43. The quantitative estimate of drug-likeness (QED) is 0.819. The normalized spacial score (nSPS) is 20.3. The number of hydrogen-bond acceptors (Lipinski definition) is 4. The van der Waals surface area contributed by atoms with E-state index in [9.17, 15) is 4.79 Å². The Hall–Kier alpha value is -1.75. The van der Waals surface area contributed by atoms with Gasteiger partial charge in [-0.25, -0.2) is 0 Å². The number of carbonyl (C=O) groups is 1. The van der Waals surface area contributed by atoms with Crippen molar-refractivity contribution in [1.29, 1.82) is 0 Å². The summed E-state index contributed by atoms with van der Waals surface area (Å²) in [4.78, 5) is 15.8. The second-order valence-corrected chi connectivity index (χ2v) is 5.41. The molecule has 0 spiro atoms. The van der Waals surface area contributed by atoms with Crippen molar-refractivity contribution >= 4 is 23.4 Å². The lowest BCUT2D eigenvalue weighted by Crippen LogP contribution is -2.27. The third kappa shape index (κ3) is 3.61. The Balaban J connectivity index is 2.21. The molecular weight excluding hydrogens is 258 g/mol. The van der Waals surface area contributed by atoms with Crippen LogP contribution in [0.5, 0.6) is 0 Å². The number of nitrogens with zero attached hydrogens (tertiary/aromatic N) is 1. The smallest absolute Gasteiger partial charge is 0.264 e. The Morgan fingerprint density at radius 3 is 2.68 bits per heavy atom. The Morgan fingerprint density at radius 1 is 1.26 bits per heavy atom. The van der Waals surface area contributed by atoms with E-state index in [0.29, 0.717) is 12.3 Å². The van der Waals surface area contributed by atoms with Gasteiger partial charge in [0.15, 0.2) is 0 Å². The molecule has 1 aromatic carbocycles. The van der Waals surface area contributed by atoms with Gasteiger partial charge in [0.2, 0.25) is 0 Å². The topological polar surface area (TPSA) is 81.5 Å². The summed E-state index contributed by atoms with van der Waals surface area (Å²) in [5, 5.41) is 0. The Kier molecular flexibility index (Phi) is 4.63. The predicted molar refractivity (Wildman–Crippen MR) is 79.9 cm³/mol. The van der Waals surface area contributed by atoms with Gasteiger partial charge in [0.25, 0.3) is 5.91 Å². The lowest BCUT2D eigenvalue weighted by Gasteiger charge is -2.18. The predicted octanol–water partition coefficient (Wildman–Crippen LogP) is 1.46. The molecule has 0 bridgehead atoms. The minimum Gasteiger partial charge on any atom is -0.394 e. The van der Waals surface area contributed by atoms with Gasteiger partial charge in [-0.3, -0.25) is 9.79 Å². The molecule has 4 nitrogen and oxygen atoms in total. The first kappa shape index (κ1) is 13.7. The maximum atomic E-state index is 11.2. The third-order valence-corrected chi connectivity index (χ3v) is 3.95. The summed E-state index contributed by atoms with van der Waals surface area (Å²) < 4.78 is 0. The van der Waals surface area contributed by atoms with Gasteiger partial charge in [0, 0.05) is 17.0 Å². The first-order chi connectivity index (χ1) is 9.18. The van der Waals surface area contributed by atoms with E-state index < -0.39 is 5.91 Å². The zero-order valence-electron chi connectivity index (χ0n) is 10.6.